The van der Waals surface area contributed by atoms with Crippen LogP contribution in [0.25, 0.3) is 0 Å². The lowest BCUT2D eigenvalue weighted by Crippen LogP contribution is -2.16. The first-order valence-corrected chi connectivity index (χ1v) is 6.74. The number of benzene rings is 2. The van der Waals surface area contributed by atoms with Crippen LogP contribution in [-0.4, -0.2) is 12.0 Å². The largest absolute Gasteiger partial charge is 0.489 e. The molecule has 2 aromatic rings. The molecule has 0 fully saturated rings. The number of carbonyl (C=O) groups excluding carboxylic acids is 1. The third-order valence-electron chi connectivity index (χ3n) is 2.73. The first-order valence-electron chi connectivity index (χ1n) is 6.74. The van der Waals surface area contributed by atoms with Crippen molar-refractivity contribution in [1.29, 1.82) is 0 Å². The lowest BCUT2D eigenvalue weighted by molar-refractivity contribution is -0.115. The van der Waals surface area contributed by atoms with E-state index in [0.29, 0.717) is 17.9 Å². The maximum atomic E-state index is 12.1. The molecule has 0 saturated carbocycles. The van der Waals surface area contributed by atoms with Crippen LogP contribution in [0.4, 0.5) is 5.69 Å². The fourth-order valence-electron chi connectivity index (χ4n) is 1.90. The van der Waals surface area contributed by atoms with E-state index in [1.165, 1.54) is 0 Å². The molecule has 0 aliphatic rings. The molecule has 0 atom stereocenters. The van der Waals surface area contributed by atoms with E-state index in [2.05, 4.69) is 5.32 Å². The molecule has 1 amide bonds. The number of ether oxygens (including phenoxy) is 1. The highest BCUT2D eigenvalue weighted by Crippen LogP contribution is 2.24. The number of hydrogen-bond acceptors (Lipinski definition) is 2. The number of anilines is 1. The van der Waals surface area contributed by atoms with Gasteiger partial charge in [-0.25, -0.2) is 0 Å². The standard InChI is InChI=1S/C17H19NO2/c1-13(2)20-16-11-7-6-10-15(16)18-17(19)12-14-8-4-3-5-9-14/h3-11,13H,12H2,1-2H3,(H,18,19). The number of carbonyl (C=O) groups is 1. The van der Waals surface area contributed by atoms with E-state index in [0.717, 1.165) is 5.56 Å². The molecule has 20 heavy (non-hydrogen) atoms. The molecule has 2 aromatic carbocycles. The maximum absolute atomic E-state index is 12.1. The summed E-state index contributed by atoms with van der Waals surface area (Å²) in [7, 11) is 0. The maximum Gasteiger partial charge on any atom is 0.228 e. The van der Waals surface area contributed by atoms with E-state index in [1.807, 2.05) is 68.4 Å². The Morgan fingerprint density at radius 3 is 2.40 bits per heavy atom. The number of rotatable bonds is 5. The second-order valence-corrected chi connectivity index (χ2v) is 4.87. The zero-order chi connectivity index (χ0) is 14.4. The first kappa shape index (κ1) is 14.1. The Kier molecular flexibility index (Phi) is 4.77. The van der Waals surface area contributed by atoms with E-state index in [-0.39, 0.29) is 12.0 Å². The molecule has 0 aromatic heterocycles. The van der Waals surface area contributed by atoms with Crippen LogP contribution in [0.3, 0.4) is 0 Å². The van der Waals surface area contributed by atoms with Gasteiger partial charge in [0.15, 0.2) is 0 Å². The summed E-state index contributed by atoms with van der Waals surface area (Å²) in [6.45, 7) is 3.92. The predicted octanol–water partition coefficient (Wildman–Crippen LogP) is 3.66. The van der Waals surface area contributed by atoms with Gasteiger partial charge in [0.1, 0.15) is 5.75 Å². The molecular formula is C17H19NO2. The van der Waals surface area contributed by atoms with E-state index in [9.17, 15) is 4.79 Å². The Bertz CT molecular complexity index is 564. The normalized spacial score (nSPS) is 10.3. The average Bonchev–Trinajstić information content (AvgIpc) is 2.41. The quantitative estimate of drug-likeness (QED) is 0.899. The van der Waals surface area contributed by atoms with Gasteiger partial charge in [-0.3, -0.25) is 4.79 Å². The smallest absolute Gasteiger partial charge is 0.228 e. The van der Waals surface area contributed by atoms with Crippen molar-refractivity contribution in [2.75, 3.05) is 5.32 Å². The molecule has 0 aliphatic carbocycles. The topological polar surface area (TPSA) is 38.3 Å². The van der Waals surface area contributed by atoms with E-state index in [4.69, 9.17) is 4.74 Å². The monoisotopic (exact) mass is 269 g/mol. The van der Waals surface area contributed by atoms with Crippen LogP contribution in [0.1, 0.15) is 19.4 Å². The van der Waals surface area contributed by atoms with Crippen molar-refractivity contribution in [3.8, 4) is 5.75 Å². The molecule has 0 heterocycles. The predicted molar refractivity (Wildman–Crippen MR) is 81.0 cm³/mol. The average molecular weight is 269 g/mol. The molecule has 0 unspecified atom stereocenters. The Morgan fingerprint density at radius 1 is 1.05 bits per heavy atom. The summed E-state index contributed by atoms with van der Waals surface area (Å²) in [4.78, 5) is 12.1. The minimum atomic E-state index is -0.0454. The van der Waals surface area contributed by atoms with Gasteiger partial charge in [-0.05, 0) is 31.5 Å². The summed E-state index contributed by atoms with van der Waals surface area (Å²) in [5.74, 6) is 0.653. The number of nitrogens with one attached hydrogen (secondary N) is 1. The molecule has 2 rings (SSSR count). The van der Waals surface area contributed by atoms with Crippen LogP contribution in [-0.2, 0) is 11.2 Å². The molecule has 1 N–H and O–H groups in total. The Labute approximate surface area is 119 Å². The van der Waals surface area contributed by atoms with Crippen molar-refractivity contribution in [2.24, 2.45) is 0 Å². The second-order valence-electron chi connectivity index (χ2n) is 4.87. The molecular weight excluding hydrogens is 250 g/mol. The van der Waals surface area contributed by atoms with Crippen molar-refractivity contribution in [2.45, 2.75) is 26.4 Å². The number of para-hydroxylation sites is 2. The van der Waals surface area contributed by atoms with Gasteiger partial charge in [0.05, 0.1) is 18.2 Å². The van der Waals surface area contributed by atoms with Crippen LogP contribution in [0, 0.1) is 0 Å². The fourth-order valence-corrected chi connectivity index (χ4v) is 1.90. The minimum Gasteiger partial charge on any atom is -0.489 e. The van der Waals surface area contributed by atoms with E-state index >= 15 is 0 Å². The van der Waals surface area contributed by atoms with Gasteiger partial charge in [0.2, 0.25) is 5.91 Å². The van der Waals surface area contributed by atoms with Crippen LogP contribution in [0.5, 0.6) is 5.75 Å². The molecule has 0 spiro atoms. The summed E-state index contributed by atoms with van der Waals surface area (Å²) in [6.07, 6.45) is 0.429. The highest BCUT2D eigenvalue weighted by molar-refractivity contribution is 5.93. The molecule has 3 nitrogen and oxygen atoms in total. The second kappa shape index (κ2) is 6.75. The fraction of sp³-hybridized carbons (Fsp3) is 0.235. The summed E-state index contributed by atoms with van der Waals surface area (Å²) in [5.41, 5.74) is 1.70. The van der Waals surface area contributed by atoms with Crippen molar-refractivity contribution in [1.82, 2.24) is 0 Å². The highest BCUT2D eigenvalue weighted by atomic mass is 16.5. The Morgan fingerprint density at radius 2 is 1.70 bits per heavy atom. The van der Waals surface area contributed by atoms with E-state index in [1.54, 1.807) is 0 Å². The lowest BCUT2D eigenvalue weighted by Gasteiger charge is -2.14. The summed E-state index contributed by atoms with van der Waals surface area (Å²) in [5, 5.41) is 2.90. The molecule has 0 saturated heterocycles. The molecule has 0 radical (unpaired) electrons. The van der Waals surface area contributed by atoms with E-state index < -0.39 is 0 Å². The molecule has 0 bridgehead atoms. The zero-order valence-electron chi connectivity index (χ0n) is 11.8. The third-order valence-corrected chi connectivity index (χ3v) is 2.73. The summed E-state index contributed by atoms with van der Waals surface area (Å²) < 4.78 is 5.68. The van der Waals surface area contributed by atoms with Gasteiger partial charge >= 0.3 is 0 Å². The first-order chi connectivity index (χ1) is 9.65. The van der Waals surface area contributed by atoms with Gasteiger partial charge < -0.3 is 10.1 Å². The zero-order valence-corrected chi connectivity index (χ0v) is 11.8. The SMILES string of the molecule is CC(C)Oc1ccccc1NC(=O)Cc1ccccc1. The molecule has 3 heteroatoms. The van der Waals surface area contributed by atoms with Crippen LogP contribution in [0.2, 0.25) is 0 Å². The minimum absolute atomic E-state index is 0.0454. The van der Waals surface area contributed by atoms with Gasteiger partial charge in [-0.15, -0.1) is 0 Å². The number of amides is 1. The van der Waals surface area contributed by atoms with Crippen molar-refractivity contribution < 1.29 is 9.53 Å². The lowest BCUT2D eigenvalue weighted by atomic mass is 10.1. The van der Waals surface area contributed by atoms with Crippen LogP contribution >= 0.6 is 0 Å². The van der Waals surface area contributed by atoms with Crippen molar-refractivity contribution in [3.05, 3.63) is 60.2 Å². The van der Waals surface area contributed by atoms with Gasteiger partial charge in [0.25, 0.3) is 0 Å². The molecule has 0 aliphatic heterocycles. The summed E-state index contributed by atoms with van der Waals surface area (Å²) in [6, 6.07) is 17.2. The van der Waals surface area contributed by atoms with Crippen LogP contribution < -0.4 is 10.1 Å². The third kappa shape index (κ3) is 4.12. The van der Waals surface area contributed by atoms with Crippen molar-refractivity contribution in [3.63, 3.8) is 0 Å². The van der Waals surface area contributed by atoms with Gasteiger partial charge in [-0.1, -0.05) is 42.5 Å². The highest BCUT2D eigenvalue weighted by Gasteiger charge is 2.09. The van der Waals surface area contributed by atoms with Crippen molar-refractivity contribution >= 4 is 11.6 Å². The Hall–Kier alpha value is -2.29. The number of hydrogen-bond donors (Lipinski definition) is 1. The van der Waals surface area contributed by atoms with Crippen LogP contribution in [0.15, 0.2) is 54.6 Å². The summed E-state index contributed by atoms with van der Waals surface area (Å²) >= 11 is 0. The Balaban J connectivity index is 2.04. The molecule has 104 valence electrons. The van der Waals surface area contributed by atoms with Gasteiger partial charge in [0, 0.05) is 0 Å². The van der Waals surface area contributed by atoms with Gasteiger partial charge in [-0.2, -0.15) is 0 Å².